The molecule has 0 spiro atoms. The Morgan fingerprint density at radius 1 is 0.527 bits per heavy atom. The van der Waals surface area contributed by atoms with Crippen molar-refractivity contribution in [2.45, 2.75) is 57.3 Å². The molecule has 1 heterocycles. The molecule has 0 unspecified atom stereocenters. The first-order valence-electron chi connectivity index (χ1n) is 20.0. The lowest BCUT2D eigenvalue weighted by Gasteiger charge is -2.31. The molecule has 55 heavy (non-hydrogen) atoms. The first-order chi connectivity index (χ1) is 27.1. The minimum Gasteiger partial charge on any atom is -0.454 e. The van der Waals surface area contributed by atoms with Crippen LogP contribution in [0.2, 0.25) is 0 Å². The van der Waals surface area contributed by atoms with Gasteiger partial charge in [-0.3, -0.25) is 0 Å². The Morgan fingerprint density at radius 2 is 1.18 bits per heavy atom. The number of fused-ring (bicyclic) bond motifs is 8. The van der Waals surface area contributed by atoms with Gasteiger partial charge >= 0.3 is 0 Å². The fraction of sp³-hybridized carbons (Fsp3) is 0.170. The number of rotatable bonds is 5. The van der Waals surface area contributed by atoms with Gasteiger partial charge in [-0.05, 0) is 104 Å². The summed E-state index contributed by atoms with van der Waals surface area (Å²) in [5.74, 6) is 0.533. The van der Waals surface area contributed by atoms with E-state index in [1.54, 1.807) is 0 Å². The zero-order valence-electron chi connectivity index (χ0n) is 31.5. The molecule has 0 radical (unpaired) electrons. The van der Waals surface area contributed by atoms with E-state index >= 15 is 0 Å². The summed E-state index contributed by atoms with van der Waals surface area (Å²) in [5.41, 5.74) is 14.4. The number of hydrogen-bond donors (Lipinski definition) is 0. The average Bonchev–Trinajstić information content (AvgIpc) is 3.74. The maximum absolute atomic E-state index is 7.08. The number of para-hydroxylation sites is 1. The van der Waals surface area contributed by atoms with E-state index in [2.05, 4.69) is 176 Å². The molecule has 0 aliphatic heterocycles. The van der Waals surface area contributed by atoms with E-state index in [9.17, 15) is 0 Å². The lowest BCUT2D eigenvalue weighted by atomic mass is 9.82. The summed E-state index contributed by atoms with van der Waals surface area (Å²) in [6, 6.07) is 58.6. The second-order valence-electron chi connectivity index (χ2n) is 16.3. The molecular weight excluding hydrogens is 667 g/mol. The third-order valence-corrected chi connectivity index (χ3v) is 12.9. The zero-order valence-corrected chi connectivity index (χ0v) is 31.5. The minimum absolute atomic E-state index is 0.0833. The van der Waals surface area contributed by atoms with Crippen LogP contribution in [0, 0.1) is 0 Å². The van der Waals surface area contributed by atoms with Gasteiger partial charge in [-0.15, -0.1) is 0 Å². The van der Waals surface area contributed by atoms with Crippen LogP contribution in [0.4, 0.5) is 17.1 Å². The topological polar surface area (TPSA) is 16.4 Å². The Balaban J connectivity index is 1.26. The summed E-state index contributed by atoms with van der Waals surface area (Å²) in [6.45, 7) is 4.72. The number of benzene rings is 8. The Kier molecular flexibility index (Phi) is 7.33. The molecule has 1 fully saturated rings. The monoisotopic (exact) mass is 709 g/mol. The van der Waals surface area contributed by atoms with Gasteiger partial charge in [0.1, 0.15) is 5.58 Å². The zero-order chi connectivity index (χ0) is 36.7. The Hall–Kier alpha value is -6.12. The van der Waals surface area contributed by atoms with Gasteiger partial charge < -0.3 is 9.32 Å². The van der Waals surface area contributed by atoms with Crippen LogP contribution in [0.1, 0.15) is 68.6 Å². The summed E-state index contributed by atoms with van der Waals surface area (Å²) in [7, 11) is 0. The van der Waals surface area contributed by atoms with Crippen LogP contribution in [0.3, 0.4) is 0 Å². The highest BCUT2D eigenvalue weighted by atomic mass is 16.3. The largest absolute Gasteiger partial charge is 0.454 e. The molecule has 1 saturated carbocycles. The predicted octanol–water partition coefficient (Wildman–Crippen LogP) is 15.4. The smallest absolute Gasteiger partial charge is 0.159 e. The van der Waals surface area contributed by atoms with Crippen LogP contribution < -0.4 is 4.90 Å². The molecule has 0 bridgehead atoms. The van der Waals surface area contributed by atoms with E-state index in [0.29, 0.717) is 5.92 Å². The van der Waals surface area contributed by atoms with Crippen molar-refractivity contribution in [3.05, 3.63) is 174 Å². The minimum atomic E-state index is -0.0833. The SMILES string of the molecule is CC1(C)c2ccccc2-c2cc(N(c3ccc4ccccc4c3-c3cccc4ccccc34)c3ccc(C4CCCCC4)c4c3oc3ccccc34)ccc21. The molecule has 0 atom stereocenters. The molecule has 0 amide bonds. The van der Waals surface area contributed by atoms with E-state index in [0.717, 1.165) is 28.2 Å². The summed E-state index contributed by atoms with van der Waals surface area (Å²) >= 11 is 0. The van der Waals surface area contributed by atoms with Crippen molar-refractivity contribution in [3.8, 4) is 22.3 Å². The molecular formula is C53H43NO. The highest BCUT2D eigenvalue weighted by Crippen LogP contribution is 2.54. The molecule has 2 heteroatoms. The van der Waals surface area contributed by atoms with Gasteiger partial charge in [0.05, 0.1) is 11.4 Å². The van der Waals surface area contributed by atoms with Crippen molar-refractivity contribution in [1.82, 2.24) is 0 Å². The lowest BCUT2D eigenvalue weighted by Crippen LogP contribution is -2.16. The van der Waals surface area contributed by atoms with Gasteiger partial charge in [0, 0.05) is 27.4 Å². The number of nitrogens with zero attached hydrogens (tertiary/aromatic N) is 1. The van der Waals surface area contributed by atoms with Gasteiger partial charge in [-0.2, -0.15) is 0 Å². The van der Waals surface area contributed by atoms with E-state index in [-0.39, 0.29) is 5.41 Å². The standard InChI is InChI=1S/C53H43NO/c1-53(2)45-25-12-10-22-41(45)44-33-37(28-30-46(44)53)54(48-32-29-40(35-15-4-3-5-16-35)51-43-23-11-13-26-49(43)55-52(48)51)47-31-27-36-18-7-9-21-39(36)50(47)42-24-14-19-34-17-6-8-20-38(34)42/h6-14,17-33,35H,3-5,15-16H2,1-2H3. The normalized spacial score (nSPS) is 15.2. The lowest BCUT2D eigenvalue weighted by molar-refractivity contribution is 0.445. The molecule has 266 valence electrons. The van der Waals surface area contributed by atoms with Crippen LogP contribution in [-0.4, -0.2) is 0 Å². The second kappa shape index (κ2) is 12.5. The summed E-state index contributed by atoms with van der Waals surface area (Å²) in [4.78, 5) is 2.51. The summed E-state index contributed by atoms with van der Waals surface area (Å²) in [5, 5.41) is 7.41. The maximum Gasteiger partial charge on any atom is 0.159 e. The van der Waals surface area contributed by atoms with Gasteiger partial charge in [0.15, 0.2) is 5.58 Å². The van der Waals surface area contributed by atoms with Crippen molar-refractivity contribution < 1.29 is 4.42 Å². The van der Waals surface area contributed by atoms with Crippen LogP contribution in [0.25, 0.3) is 65.7 Å². The highest BCUT2D eigenvalue weighted by Gasteiger charge is 2.36. The molecule has 2 aliphatic carbocycles. The predicted molar refractivity (Wildman–Crippen MR) is 232 cm³/mol. The molecule has 9 aromatic rings. The van der Waals surface area contributed by atoms with Crippen molar-refractivity contribution in [3.63, 3.8) is 0 Å². The molecule has 2 aliphatic rings. The quantitative estimate of drug-likeness (QED) is 0.177. The van der Waals surface area contributed by atoms with Crippen LogP contribution in [-0.2, 0) is 5.41 Å². The first kappa shape index (κ1) is 32.3. The van der Waals surface area contributed by atoms with Crippen molar-refractivity contribution >= 4 is 60.5 Å². The Bertz CT molecular complexity index is 2950. The third-order valence-electron chi connectivity index (χ3n) is 12.9. The fourth-order valence-corrected chi connectivity index (χ4v) is 10.2. The molecule has 2 nitrogen and oxygen atoms in total. The number of hydrogen-bond acceptors (Lipinski definition) is 2. The maximum atomic E-state index is 7.08. The van der Waals surface area contributed by atoms with Gasteiger partial charge in [-0.25, -0.2) is 0 Å². The molecule has 0 N–H and O–H groups in total. The van der Waals surface area contributed by atoms with E-state index < -0.39 is 0 Å². The van der Waals surface area contributed by atoms with Crippen molar-refractivity contribution in [2.75, 3.05) is 4.90 Å². The van der Waals surface area contributed by atoms with Crippen molar-refractivity contribution in [2.24, 2.45) is 0 Å². The molecule has 11 rings (SSSR count). The molecule has 8 aromatic carbocycles. The first-order valence-corrected chi connectivity index (χ1v) is 20.0. The third kappa shape index (κ3) is 4.94. The van der Waals surface area contributed by atoms with Crippen LogP contribution in [0.5, 0.6) is 0 Å². The van der Waals surface area contributed by atoms with Gasteiger partial charge in [0.25, 0.3) is 0 Å². The average molecular weight is 710 g/mol. The second-order valence-corrected chi connectivity index (χ2v) is 16.3. The Morgan fingerprint density at radius 3 is 2.04 bits per heavy atom. The molecule has 1 aromatic heterocycles. The fourth-order valence-electron chi connectivity index (χ4n) is 10.2. The summed E-state index contributed by atoms with van der Waals surface area (Å²) < 4.78 is 7.08. The van der Waals surface area contributed by atoms with E-state index in [4.69, 9.17) is 4.42 Å². The number of anilines is 3. The summed E-state index contributed by atoms with van der Waals surface area (Å²) in [6.07, 6.45) is 6.36. The molecule has 0 saturated heterocycles. The van der Waals surface area contributed by atoms with E-state index in [1.807, 2.05) is 0 Å². The van der Waals surface area contributed by atoms with Crippen molar-refractivity contribution in [1.29, 1.82) is 0 Å². The van der Waals surface area contributed by atoms with Gasteiger partial charge in [-0.1, -0.05) is 161 Å². The van der Waals surface area contributed by atoms with Crippen LogP contribution in [0.15, 0.2) is 162 Å². The number of furan rings is 1. The van der Waals surface area contributed by atoms with Crippen LogP contribution >= 0.6 is 0 Å². The van der Waals surface area contributed by atoms with E-state index in [1.165, 1.54) is 103 Å². The highest BCUT2D eigenvalue weighted by molar-refractivity contribution is 6.15. The van der Waals surface area contributed by atoms with Gasteiger partial charge in [0.2, 0.25) is 0 Å². The Labute approximate surface area is 322 Å².